The number of piperazine rings is 1. The lowest BCUT2D eigenvalue weighted by molar-refractivity contribution is -0.187. The molecule has 0 radical (unpaired) electrons. The summed E-state index contributed by atoms with van der Waals surface area (Å²) in [6.07, 6.45) is -4.34. The van der Waals surface area contributed by atoms with Crippen molar-refractivity contribution in [1.29, 1.82) is 0 Å². The summed E-state index contributed by atoms with van der Waals surface area (Å²) in [6.45, 7) is 1.83. The van der Waals surface area contributed by atoms with Gasteiger partial charge in [0.25, 0.3) is 0 Å². The molecule has 1 aromatic rings. The number of halogens is 6. The van der Waals surface area contributed by atoms with Crippen molar-refractivity contribution in [3.8, 4) is 0 Å². The van der Waals surface area contributed by atoms with E-state index in [1.54, 1.807) is 6.07 Å². The fraction of sp³-hybridized carbons (Fsp3) is 0.500. The third kappa shape index (κ3) is 4.24. The first-order valence-corrected chi connectivity index (χ1v) is 7.03. The van der Waals surface area contributed by atoms with Crippen LogP contribution < -0.4 is 5.32 Å². The Labute approximate surface area is 135 Å². The van der Waals surface area contributed by atoms with Crippen molar-refractivity contribution in [2.45, 2.75) is 12.2 Å². The van der Waals surface area contributed by atoms with E-state index in [4.69, 9.17) is 11.6 Å². The second kappa shape index (κ2) is 7.31. The zero-order valence-corrected chi connectivity index (χ0v) is 13.5. The molecule has 1 N–H and O–H groups in total. The van der Waals surface area contributed by atoms with Gasteiger partial charge < -0.3 is 5.32 Å². The van der Waals surface area contributed by atoms with Gasteiger partial charge in [0.1, 0.15) is 6.04 Å². The molecule has 1 aromatic carbocycles. The van der Waals surface area contributed by atoms with E-state index in [2.05, 4.69) is 21.2 Å². The second-order valence-corrected chi connectivity index (χ2v) is 5.72. The first-order chi connectivity index (χ1) is 8.89. The van der Waals surface area contributed by atoms with Crippen LogP contribution in [0.25, 0.3) is 0 Å². The molecule has 1 atom stereocenters. The highest BCUT2D eigenvalue weighted by Gasteiger charge is 2.45. The molecule has 20 heavy (non-hydrogen) atoms. The zero-order valence-electron chi connectivity index (χ0n) is 10.4. The van der Waals surface area contributed by atoms with Crippen LogP contribution in [0, 0.1) is 0 Å². The quantitative estimate of drug-likeness (QED) is 0.815. The molecule has 0 aliphatic carbocycles. The van der Waals surface area contributed by atoms with Gasteiger partial charge in [0.2, 0.25) is 0 Å². The molecule has 114 valence electrons. The fourth-order valence-corrected chi connectivity index (χ4v) is 3.02. The highest BCUT2D eigenvalue weighted by molar-refractivity contribution is 9.10. The Bertz CT molecular complexity index is 451. The summed E-state index contributed by atoms with van der Waals surface area (Å²) < 4.78 is 40.7. The van der Waals surface area contributed by atoms with Crippen LogP contribution in [0.1, 0.15) is 11.6 Å². The van der Waals surface area contributed by atoms with Crippen molar-refractivity contribution in [1.82, 2.24) is 10.2 Å². The molecular formula is C12H14BrCl2F3N2. The molecule has 1 heterocycles. The first kappa shape index (κ1) is 18.0. The van der Waals surface area contributed by atoms with Crippen LogP contribution in [0.4, 0.5) is 13.2 Å². The Morgan fingerprint density at radius 3 is 2.35 bits per heavy atom. The number of hydrogen-bond donors (Lipinski definition) is 1. The van der Waals surface area contributed by atoms with Crippen molar-refractivity contribution in [3.63, 3.8) is 0 Å². The molecular weight excluding hydrogens is 380 g/mol. The molecule has 1 fully saturated rings. The lowest BCUT2D eigenvalue weighted by atomic mass is 10.0. The van der Waals surface area contributed by atoms with Gasteiger partial charge in [-0.2, -0.15) is 13.2 Å². The predicted octanol–water partition coefficient (Wildman–Crippen LogP) is 4.03. The molecule has 0 saturated carbocycles. The largest absolute Gasteiger partial charge is 0.408 e. The SMILES string of the molecule is Cl.FC(F)(F)[C@@H](c1ccc(Br)cc1Cl)N1CCNCC1. The van der Waals surface area contributed by atoms with Gasteiger partial charge in [-0.3, -0.25) is 4.90 Å². The molecule has 1 saturated heterocycles. The molecule has 0 amide bonds. The first-order valence-electron chi connectivity index (χ1n) is 5.86. The lowest BCUT2D eigenvalue weighted by Crippen LogP contribution is -2.49. The molecule has 2 rings (SSSR count). The minimum absolute atomic E-state index is 0. The van der Waals surface area contributed by atoms with E-state index in [1.807, 2.05) is 0 Å². The van der Waals surface area contributed by atoms with Crippen LogP contribution >= 0.6 is 39.9 Å². The number of benzene rings is 1. The number of hydrogen-bond acceptors (Lipinski definition) is 2. The Hall–Kier alpha value is -0.0100. The Morgan fingerprint density at radius 1 is 1.25 bits per heavy atom. The third-order valence-corrected chi connectivity index (χ3v) is 3.90. The van der Waals surface area contributed by atoms with Crippen molar-refractivity contribution in [2.75, 3.05) is 26.2 Å². The topological polar surface area (TPSA) is 15.3 Å². The monoisotopic (exact) mass is 392 g/mol. The number of alkyl halides is 3. The average molecular weight is 394 g/mol. The maximum atomic E-state index is 13.3. The number of nitrogens with zero attached hydrogens (tertiary/aromatic N) is 1. The summed E-state index contributed by atoms with van der Waals surface area (Å²) in [4.78, 5) is 1.42. The number of rotatable bonds is 2. The zero-order chi connectivity index (χ0) is 14.0. The van der Waals surface area contributed by atoms with Crippen LogP contribution in [0.5, 0.6) is 0 Å². The van der Waals surface area contributed by atoms with E-state index in [1.165, 1.54) is 17.0 Å². The molecule has 0 unspecified atom stereocenters. The molecule has 0 aromatic heterocycles. The summed E-state index contributed by atoms with van der Waals surface area (Å²) >= 11 is 9.18. The molecule has 2 nitrogen and oxygen atoms in total. The van der Waals surface area contributed by atoms with Crippen molar-refractivity contribution in [2.24, 2.45) is 0 Å². The Morgan fingerprint density at radius 2 is 1.85 bits per heavy atom. The predicted molar refractivity (Wildman–Crippen MR) is 79.6 cm³/mol. The van der Waals surface area contributed by atoms with Crippen LogP contribution in [0.3, 0.4) is 0 Å². The molecule has 0 spiro atoms. The lowest BCUT2D eigenvalue weighted by Gasteiger charge is -2.36. The van der Waals surface area contributed by atoms with Gasteiger partial charge in [-0.25, -0.2) is 0 Å². The summed E-state index contributed by atoms with van der Waals surface area (Å²) in [5, 5.41) is 3.18. The van der Waals surface area contributed by atoms with Gasteiger partial charge in [-0.05, 0) is 17.7 Å². The van der Waals surface area contributed by atoms with E-state index < -0.39 is 12.2 Å². The minimum atomic E-state index is -4.34. The third-order valence-electron chi connectivity index (χ3n) is 3.08. The standard InChI is InChI=1S/C12H13BrClF3N2.ClH/c13-8-1-2-9(10(14)7-8)11(12(15,16)17)19-5-3-18-4-6-19;/h1-2,7,11,18H,3-6H2;1H/t11-;/m1./s1. The molecule has 1 aliphatic heterocycles. The summed E-state index contributed by atoms with van der Waals surface area (Å²) in [5.41, 5.74) is 0.110. The van der Waals surface area contributed by atoms with Crippen molar-refractivity contribution in [3.05, 3.63) is 33.3 Å². The van der Waals surface area contributed by atoms with Crippen molar-refractivity contribution < 1.29 is 13.2 Å². The second-order valence-electron chi connectivity index (χ2n) is 4.40. The van der Waals surface area contributed by atoms with Crippen LogP contribution in [-0.4, -0.2) is 37.3 Å². The highest BCUT2D eigenvalue weighted by Crippen LogP contribution is 2.41. The highest BCUT2D eigenvalue weighted by atomic mass is 79.9. The summed E-state index contributed by atoms with van der Waals surface area (Å²) in [5.74, 6) is 0. The van der Waals surface area contributed by atoms with E-state index in [0.717, 1.165) is 0 Å². The van der Waals surface area contributed by atoms with Crippen LogP contribution in [0.2, 0.25) is 5.02 Å². The van der Waals surface area contributed by atoms with Gasteiger partial charge in [0.15, 0.2) is 0 Å². The fourth-order valence-electron chi connectivity index (χ4n) is 2.24. The van der Waals surface area contributed by atoms with E-state index in [-0.39, 0.29) is 23.0 Å². The van der Waals surface area contributed by atoms with Crippen LogP contribution in [0.15, 0.2) is 22.7 Å². The van der Waals surface area contributed by atoms with E-state index in [0.29, 0.717) is 30.7 Å². The molecule has 1 aliphatic rings. The average Bonchev–Trinajstić information content (AvgIpc) is 2.32. The summed E-state index contributed by atoms with van der Waals surface area (Å²) in [6, 6.07) is 2.88. The maximum absolute atomic E-state index is 13.3. The van der Waals surface area contributed by atoms with Gasteiger partial charge in [0, 0.05) is 35.7 Å². The van der Waals surface area contributed by atoms with E-state index in [9.17, 15) is 13.2 Å². The van der Waals surface area contributed by atoms with Gasteiger partial charge in [-0.1, -0.05) is 33.6 Å². The maximum Gasteiger partial charge on any atom is 0.408 e. The summed E-state index contributed by atoms with van der Waals surface area (Å²) in [7, 11) is 0. The number of nitrogens with one attached hydrogen (secondary N) is 1. The minimum Gasteiger partial charge on any atom is -0.314 e. The Balaban J connectivity index is 0.00000200. The van der Waals surface area contributed by atoms with Crippen LogP contribution in [-0.2, 0) is 0 Å². The molecule has 0 bridgehead atoms. The Kier molecular flexibility index (Phi) is 6.60. The van der Waals surface area contributed by atoms with E-state index >= 15 is 0 Å². The normalized spacial score (nSPS) is 18.4. The van der Waals surface area contributed by atoms with Gasteiger partial charge >= 0.3 is 6.18 Å². The smallest absolute Gasteiger partial charge is 0.314 e. The van der Waals surface area contributed by atoms with Gasteiger partial charge in [-0.15, -0.1) is 12.4 Å². The molecule has 8 heteroatoms. The van der Waals surface area contributed by atoms with Gasteiger partial charge in [0.05, 0.1) is 0 Å². The van der Waals surface area contributed by atoms with Crippen molar-refractivity contribution >= 4 is 39.9 Å².